The highest BCUT2D eigenvalue weighted by Gasteiger charge is 2.48. The number of nitrogens with one attached hydrogen (secondary N) is 3. The smallest absolute Gasteiger partial charge is 0.408 e. The van der Waals surface area contributed by atoms with Crippen LogP contribution < -0.4 is 16.0 Å². The lowest BCUT2D eigenvalue weighted by Crippen LogP contribution is -2.59. The van der Waals surface area contributed by atoms with Crippen molar-refractivity contribution in [3.05, 3.63) is 0 Å². The number of carbonyl (C=O) groups is 5. The van der Waals surface area contributed by atoms with Gasteiger partial charge in [-0.1, -0.05) is 48.0 Å². The molecule has 3 atom stereocenters. The average Bonchev–Trinajstić information content (AvgIpc) is 3.04. The first-order chi connectivity index (χ1) is 16.3. The van der Waals surface area contributed by atoms with E-state index in [1.165, 1.54) is 4.90 Å². The van der Waals surface area contributed by atoms with E-state index in [0.717, 1.165) is 0 Å². The summed E-state index contributed by atoms with van der Waals surface area (Å²) in [6.45, 7) is 18.8. The molecule has 1 rings (SSSR count). The molecule has 0 saturated carbocycles. The van der Waals surface area contributed by atoms with E-state index in [1.807, 2.05) is 41.5 Å². The molecule has 0 aromatic rings. The van der Waals surface area contributed by atoms with Gasteiger partial charge in [0.2, 0.25) is 17.6 Å². The summed E-state index contributed by atoms with van der Waals surface area (Å²) in [5, 5.41) is 7.89. The van der Waals surface area contributed by atoms with Crippen LogP contribution in [-0.2, 0) is 23.9 Å². The second-order valence-electron chi connectivity index (χ2n) is 12.4. The number of likely N-dealkylation sites (N-methyl/N-ethyl adjacent to an activating group) is 1. The lowest BCUT2D eigenvalue weighted by molar-refractivity contribution is -0.144. The van der Waals surface area contributed by atoms with E-state index in [4.69, 9.17) is 4.74 Å². The van der Waals surface area contributed by atoms with Gasteiger partial charge in [-0.25, -0.2) is 4.79 Å². The topological polar surface area (TPSA) is 134 Å². The van der Waals surface area contributed by atoms with Crippen molar-refractivity contribution < 1.29 is 28.7 Å². The number of ether oxygens (including phenoxy) is 1. The molecule has 10 heteroatoms. The molecule has 0 radical (unpaired) electrons. The largest absolute Gasteiger partial charge is 0.444 e. The first-order valence-corrected chi connectivity index (χ1v) is 12.8. The van der Waals surface area contributed by atoms with E-state index in [1.54, 1.807) is 27.7 Å². The summed E-state index contributed by atoms with van der Waals surface area (Å²) in [4.78, 5) is 65.9. The SMILES string of the molecule is CCCC(NC(=O)C1CC(C)(C)CN1C(=O)[C@@H](NC(=O)OC(C)(C)C)C(C)(C)C)C(=O)C(=O)NCC. The van der Waals surface area contributed by atoms with Gasteiger partial charge in [0, 0.05) is 13.1 Å². The van der Waals surface area contributed by atoms with Gasteiger partial charge >= 0.3 is 6.09 Å². The summed E-state index contributed by atoms with van der Waals surface area (Å²) in [5.74, 6) is -2.34. The molecule has 4 amide bonds. The second kappa shape index (κ2) is 12.1. The molecule has 1 heterocycles. The molecular formula is C26H46N4O6. The molecule has 1 fully saturated rings. The van der Waals surface area contributed by atoms with Crippen LogP contribution in [0.3, 0.4) is 0 Å². The van der Waals surface area contributed by atoms with Gasteiger partial charge in [0.05, 0.1) is 6.04 Å². The maximum atomic E-state index is 13.8. The van der Waals surface area contributed by atoms with E-state index in [9.17, 15) is 24.0 Å². The van der Waals surface area contributed by atoms with Crippen molar-refractivity contribution >= 4 is 29.6 Å². The van der Waals surface area contributed by atoms with Gasteiger partial charge in [0.15, 0.2) is 0 Å². The number of alkyl carbamates (subject to hydrolysis) is 1. The summed E-state index contributed by atoms with van der Waals surface area (Å²) in [7, 11) is 0. The third kappa shape index (κ3) is 9.09. The number of ketones is 1. The summed E-state index contributed by atoms with van der Waals surface area (Å²) < 4.78 is 5.36. The second-order valence-corrected chi connectivity index (χ2v) is 12.4. The summed E-state index contributed by atoms with van der Waals surface area (Å²) in [5.41, 5.74) is -1.77. The van der Waals surface area contributed by atoms with Crippen LogP contribution in [0.2, 0.25) is 0 Å². The number of likely N-dealkylation sites (tertiary alicyclic amines) is 1. The lowest BCUT2D eigenvalue weighted by Gasteiger charge is -2.36. The Morgan fingerprint density at radius 1 is 1.00 bits per heavy atom. The molecule has 0 spiro atoms. The molecule has 1 aliphatic heterocycles. The highest BCUT2D eigenvalue weighted by atomic mass is 16.6. The van der Waals surface area contributed by atoms with Crippen LogP contribution in [0.25, 0.3) is 0 Å². The molecule has 1 aliphatic rings. The fourth-order valence-corrected chi connectivity index (χ4v) is 4.21. The van der Waals surface area contributed by atoms with Crippen molar-refractivity contribution in [2.24, 2.45) is 10.8 Å². The van der Waals surface area contributed by atoms with E-state index < -0.39 is 58.7 Å². The van der Waals surface area contributed by atoms with Crippen molar-refractivity contribution in [1.29, 1.82) is 0 Å². The first-order valence-electron chi connectivity index (χ1n) is 12.8. The molecule has 0 aromatic carbocycles. The van der Waals surface area contributed by atoms with E-state index in [0.29, 0.717) is 32.4 Å². The molecule has 0 bridgehead atoms. The van der Waals surface area contributed by atoms with Gasteiger partial charge in [0.1, 0.15) is 17.7 Å². The predicted octanol–water partition coefficient (Wildman–Crippen LogP) is 2.54. The standard InChI is InChI=1S/C26H46N4O6/c1-11-13-16(18(31)21(33)27-12-2)28-20(32)17-14-26(9,10)15-30(17)22(34)19(24(3,4)5)29-23(35)36-25(6,7)8/h16-17,19H,11-15H2,1-10H3,(H,27,33)(H,28,32)(H,29,35)/t16?,17?,19-/m1/s1. The Bertz CT molecular complexity index is 840. The Hall–Kier alpha value is -2.65. The van der Waals surface area contributed by atoms with Gasteiger partial charge in [-0.15, -0.1) is 0 Å². The maximum Gasteiger partial charge on any atom is 0.408 e. The van der Waals surface area contributed by atoms with Gasteiger partial charge in [0.25, 0.3) is 5.91 Å². The van der Waals surface area contributed by atoms with Crippen molar-refractivity contribution in [3.63, 3.8) is 0 Å². The molecule has 206 valence electrons. The molecular weight excluding hydrogens is 464 g/mol. The Labute approximate surface area is 215 Å². The fourth-order valence-electron chi connectivity index (χ4n) is 4.21. The van der Waals surface area contributed by atoms with Crippen molar-refractivity contribution in [1.82, 2.24) is 20.9 Å². The number of carbonyl (C=O) groups excluding carboxylic acids is 5. The minimum atomic E-state index is -0.979. The van der Waals surface area contributed by atoms with Crippen LogP contribution >= 0.6 is 0 Å². The number of rotatable bonds is 9. The molecule has 2 unspecified atom stereocenters. The van der Waals surface area contributed by atoms with Crippen LogP contribution in [0.15, 0.2) is 0 Å². The van der Waals surface area contributed by atoms with Crippen LogP contribution in [0.5, 0.6) is 0 Å². The number of Topliss-reactive ketones (excluding diaryl/α,β-unsaturated/α-hetero) is 1. The molecule has 10 nitrogen and oxygen atoms in total. The zero-order valence-electron chi connectivity index (χ0n) is 23.7. The Kier molecular flexibility index (Phi) is 10.5. The number of hydrogen-bond acceptors (Lipinski definition) is 6. The van der Waals surface area contributed by atoms with Crippen molar-refractivity contribution in [2.45, 2.75) is 112 Å². The Morgan fingerprint density at radius 2 is 1.58 bits per heavy atom. The summed E-state index contributed by atoms with van der Waals surface area (Å²) >= 11 is 0. The number of nitrogens with zero attached hydrogens (tertiary/aromatic N) is 1. The molecule has 0 aliphatic carbocycles. The highest BCUT2D eigenvalue weighted by Crippen LogP contribution is 2.36. The zero-order valence-corrected chi connectivity index (χ0v) is 23.7. The third-order valence-corrected chi connectivity index (χ3v) is 5.85. The lowest BCUT2D eigenvalue weighted by atomic mass is 9.85. The highest BCUT2D eigenvalue weighted by molar-refractivity contribution is 6.38. The van der Waals surface area contributed by atoms with Gasteiger partial charge in [-0.2, -0.15) is 0 Å². The Morgan fingerprint density at radius 3 is 2.06 bits per heavy atom. The summed E-state index contributed by atoms with van der Waals surface area (Å²) in [6.07, 6.45) is 0.546. The van der Waals surface area contributed by atoms with E-state index >= 15 is 0 Å². The van der Waals surface area contributed by atoms with Crippen molar-refractivity contribution in [3.8, 4) is 0 Å². The van der Waals surface area contributed by atoms with Crippen molar-refractivity contribution in [2.75, 3.05) is 13.1 Å². The van der Waals surface area contributed by atoms with E-state index in [-0.39, 0.29) is 5.41 Å². The first kappa shape index (κ1) is 31.4. The van der Waals surface area contributed by atoms with Gasteiger partial charge in [-0.3, -0.25) is 19.2 Å². The summed E-state index contributed by atoms with van der Waals surface area (Å²) in [6, 6.07) is -2.77. The monoisotopic (exact) mass is 510 g/mol. The third-order valence-electron chi connectivity index (χ3n) is 5.85. The van der Waals surface area contributed by atoms with Gasteiger partial charge < -0.3 is 25.6 Å². The minimum absolute atomic E-state index is 0.301. The number of hydrogen-bond donors (Lipinski definition) is 3. The fraction of sp³-hybridized carbons (Fsp3) is 0.808. The maximum absolute atomic E-state index is 13.8. The minimum Gasteiger partial charge on any atom is -0.444 e. The molecule has 36 heavy (non-hydrogen) atoms. The van der Waals surface area contributed by atoms with Crippen LogP contribution in [0, 0.1) is 10.8 Å². The van der Waals surface area contributed by atoms with Crippen LogP contribution in [0.1, 0.15) is 88.5 Å². The Balaban J connectivity index is 3.21. The quantitative estimate of drug-likeness (QED) is 0.408. The number of amides is 4. The van der Waals surface area contributed by atoms with E-state index in [2.05, 4.69) is 16.0 Å². The van der Waals surface area contributed by atoms with Gasteiger partial charge in [-0.05, 0) is 51.4 Å². The zero-order chi connectivity index (χ0) is 28.1. The predicted molar refractivity (Wildman–Crippen MR) is 137 cm³/mol. The normalized spacial score (nSPS) is 19.2. The molecule has 1 saturated heterocycles. The molecule has 0 aromatic heterocycles. The average molecular weight is 511 g/mol. The van der Waals surface area contributed by atoms with Crippen LogP contribution in [-0.4, -0.2) is 71.3 Å². The van der Waals surface area contributed by atoms with Crippen LogP contribution in [0.4, 0.5) is 4.79 Å². The molecule has 3 N–H and O–H groups in total.